The summed E-state index contributed by atoms with van der Waals surface area (Å²) in [5, 5.41) is 2.77. The van der Waals surface area contributed by atoms with Crippen LogP contribution in [-0.4, -0.2) is 48.4 Å². The Balaban J connectivity index is 1.70. The van der Waals surface area contributed by atoms with Crippen molar-refractivity contribution < 1.29 is 13.6 Å². The maximum Gasteiger partial charge on any atom is 0.322 e. The number of piperazine rings is 1. The quantitative estimate of drug-likeness (QED) is 0.339. The summed E-state index contributed by atoms with van der Waals surface area (Å²) >= 11 is 3.37. The molecule has 1 amide bonds. The molecule has 0 spiro atoms. The lowest BCUT2D eigenvalue weighted by molar-refractivity contribution is -0.115. The lowest BCUT2D eigenvalue weighted by Gasteiger charge is -2.34. The average Bonchev–Trinajstić information content (AvgIpc) is 2.69. The van der Waals surface area contributed by atoms with E-state index in [-0.39, 0.29) is 17.9 Å². The van der Waals surface area contributed by atoms with Crippen molar-refractivity contribution in [1.29, 1.82) is 0 Å². The van der Waals surface area contributed by atoms with E-state index in [2.05, 4.69) is 44.6 Å². The largest absolute Gasteiger partial charge is 0.326 e. The Hall–Kier alpha value is -0.850. The highest BCUT2D eigenvalue weighted by molar-refractivity contribution is 14.1. The third kappa shape index (κ3) is 6.83. The van der Waals surface area contributed by atoms with Gasteiger partial charge in [0.25, 0.3) is 0 Å². The van der Waals surface area contributed by atoms with Crippen molar-refractivity contribution in [2.45, 2.75) is 23.8 Å². The zero-order valence-corrected chi connectivity index (χ0v) is 21.1. The van der Waals surface area contributed by atoms with Gasteiger partial charge in [-0.2, -0.15) is 8.78 Å². The van der Waals surface area contributed by atoms with Crippen LogP contribution >= 0.6 is 45.2 Å². The third-order valence-corrected chi connectivity index (χ3v) is 6.51. The van der Waals surface area contributed by atoms with E-state index in [1.807, 2.05) is 24.3 Å². The first kappa shape index (κ1) is 23.8. The van der Waals surface area contributed by atoms with Crippen molar-refractivity contribution in [2.75, 3.05) is 38.0 Å². The molecule has 1 fully saturated rings. The molecule has 0 radical (unpaired) electrons. The minimum absolute atomic E-state index is 0.0342. The number of carbonyl (C=O) groups excluding carboxylic acids is 1. The molecule has 1 heterocycles. The van der Waals surface area contributed by atoms with Gasteiger partial charge in [0.1, 0.15) is 0 Å². The molecule has 0 atom stereocenters. The zero-order valence-electron chi connectivity index (χ0n) is 16.8. The van der Waals surface area contributed by atoms with Crippen molar-refractivity contribution >= 4 is 56.8 Å². The Morgan fingerprint density at radius 3 is 2.43 bits per heavy atom. The summed E-state index contributed by atoms with van der Waals surface area (Å²) in [5.74, 6) is -0.219. The van der Waals surface area contributed by atoms with E-state index in [1.54, 1.807) is 12.1 Å². The van der Waals surface area contributed by atoms with Gasteiger partial charge in [-0.25, -0.2) is 0 Å². The Bertz CT molecular complexity index is 881. The molecule has 0 aliphatic carbocycles. The summed E-state index contributed by atoms with van der Waals surface area (Å²) in [6.45, 7) is 7.29. The number of hydrogen-bond donors (Lipinski definition) is 1. The standard InChI is InChI=1S/C22H25F2I2N3O/c1-2-28-8-10-29(11-9-28)15-17-6-7-19(14-20(17)22(23,24)26)27-21(30)13-16-4-3-5-18(25)12-16/h3-7,12,14H,2,8-11,13,15H2,1H3,(H,27,30). The summed E-state index contributed by atoms with van der Waals surface area (Å²) in [6, 6.07) is 12.5. The van der Waals surface area contributed by atoms with Gasteiger partial charge in [0.2, 0.25) is 5.91 Å². The number of likely N-dealkylation sites (N-methyl/N-ethyl adjacent to an activating group) is 1. The molecular formula is C22H25F2I2N3O. The van der Waals surface area contributed by atoms with Gasteiger partial charge in [-0.15, -0.1) is 0 Å². The fourth-order valence-electron chi connectivity index (χ4n) is 3.60. The van der Waals surface area contributed by atoms with E-state index < -0.39 is 3.93 Å². The van der Waals surface area contributed by atoms with Crippen molar-refractivity contribution in [1.82, 2.24) is 9.80 Å². The van der Waals surface area contributed by atoms with Crippen LogP contribution in [0.25, 0.3) is 0 Å². The van der Waals surface area contributed by atoms with Crippen LogP contribution in [0.5, 0.6) is 0 Å². The van der Waals surface area contributed by atoms with Crippen LogP contribution in [0.15, 0.2) is 42.5 Å². The highest BCUT2D eigenvalue weighted by Gasteiger charge is 2.31. The monoisotopic (exact) mass is 639 g/mol. The molecule has 1 N–H and O–H groups in total. The molecule has 1 aliphatic rings. The van der Waals surface area contributed by atoms with Crippen LogP contribution in [0.2, 0.25) is 0 Å². The lowest BCUT2D eigenvalue weighted by atomic mass is 10.1. The zero-order chi connectivity index (χ0) is 21.7. The average molecular weight is 639 g/mol. The van der Waals surface area contributed by atoms with Gasteiger partial charge >= 0.3 is 3.93 Å². The Morgan fingerprint density at radius 1 is 1.10 bits per heavy atom. The van der Waals surface area contributed by atoms with E-state index in [1.165, 1.54) is 28.7 Å². The van der Waals surface area contributed by atoms with Crippen molar-refractivity contribution in [2.24, 2.45) is 0 Å². The smallest absolute Gasteiger partial charge is 0.322 e. The molecule has 1 aliphatic heterocycles. The first-order valence-electron chi connectivity index (χ1n) is 9.93. The number of amides is 1. The SMILES string of the molecule is CCN1CCN(Cc2ccc(NC(=O)Cc3cccc(I)c3)cc2C(F)(F)I)CC1. The van der Waals surface area contributed by atoms with Gasteiger partial charge in [0.15, 0.2) is 0 Å². The van der Waals surface area contributed by atoms with E-state index in [0.29, 0.717) is 17.8 Å². The molecule has 8 heteroatoms. The number of carbonyl (C=O) groups is 1. The molecule has 2 aromatic carbocycles. The molecule has 30 heavy (non-hydrogen) atoms. The first-order valence-corrected chi connectivity index (χ1v) is 12.1. The molecular weight excluding hydrogens is 614 g/mol. The molecule has 0 bridgehead atoms. The number of halogens is 4. The second-order valence-corrected chi connectivity index (χ2v) is 10.0. The Morgan fingerprint density at radius 2 is 1.80 bits per heavy atom. The summed E-state index contributed by atoms with van der Waals surface area (Å²) in [7, 11) is 0. The molecule has 4 nitrogen and oxygen atoms in total. The number of nitrogens with one attached hydrogen (secondary N) is 1. The van der Waals surface area contributed by atoms with Crippen LogP contribution in [0.3, 0.4) is 0 Å². The van der Waals surface area contributed by atoms with Crippen LogP contribution in [0, 0.1) is 3.57 Å². The van der Waals surface area contributed by atoms with E-state index >= 15 is 0 Å². The number of hydrogen-bond acceptors (Lipinski definition) is 3. The second kappa shape index (κ2) is 10.6. The number of nitrogens with zero attached hydrogens (tertiary/aromatic N) is 2. The molecule has 0 aromatic heterocycles. The van der Waals surface area contributed by atoms with Crippen molar-refractivity contribution in [3.8, 4) is 0 Å². The Labute approximate surface area is 203 Å². The number of alkyl halides is 3. The highest BCUT2D eigenvalue weighted by Crippen LogP contribution is 2.39. The summed E-state index contributed by atoms with van der Waals surface area (Å²) in [5.41, 5.74) is 1.86. The van der Waals surface area contributed by atoms with Crippen LogP contribution in [0.4, 0.5) is 14.5 Å². The van der Waals surface area contributed by atoms with Gasteiger partial charge in [-0.1, -0.05) is 25.1 Å². The van der Waals surface area contributed by atoms with E-state index in [4.69, 9.17) is 0 Å². The van der Waals surface area contributed by atoms with Crippen molar-refractivity contribution in [3.05, 3.63) is 62.7 Å². The number of anilines is 1. The van der Waals surface area contributed by atoms with Gasteiger partial charge in [0.05, 0.1) is 6.42 Å². The predicted octanol–water partition coefficient (Wildman–Crippen LogP) is 5.09. The summed E-state index contributed by atoms with van der Waals surface area (Å²) in [4.78, 5) is 17.0. The van der Waals surface area contributed by atoms with Crippen LogP contribution in [-0.2, 0) is 21.7 Å². The third-order valence-electron chi connectivity index (χ3n) is 5.26. The van der Waals surface area contributed by atoms with Gasteiger partial charge in [-0.3, -0.25) is 9.69 Å². The van der Waals surface area contributed by atoms with Crippen LogP contribution in [0.1, 0.15) is 23.6 Å². The van der Waals surface area contributed by atoms with Gasteiger partial charge in [-0.05, 0) is 64.5 Å². The molecule has 162 valence electrons. The molecule has 0 saturated carbocycles. The normalized spacial score (nSPS) is 15.9. The van der Waals surface area contributed by atoms with E-state index in [0.717, 1.165) is 41.9 Å². The summed E-state index contributed by atoms with van der Waals surface area (Å²) in [6.07, 6.45) is 0.205. The second-order valence-electron chi connectivity index (χ2n) is 7.43. The Kier molecular flexibility index (Phi) is 8.45. The van der Waals surface area contributed by atoms with Gasteiger partial charge < -0.3 is 10.2 Å². The van der Waals surface area contributed by atoms with Gasteiger partial charge in [0, 0.05) is 70.1 Å². The minimum atomic E-state index is -3.01. The fraction of sp³-hybridized carbons (Fsp3) is 0.409. The minimum Gasteiger partial charge on any atom is -0.326 e. The maximum absolute atomic E-state index is 14.3. The fourth-order valence-corrected chi connectivity index (χ4v) is 4.71. The molecule has 1 saturated heterocycles. The molecule has 2 aromatic rings. The molecule has 0 unspecified atom stereocenters. The number of benzene rings is 2. The molecule has 3 rings (SSSR count). The topological polar surface area (TPSA) is 35.6 Å². The summed E-state index contributed by atoms with van der Waals surface area (Å²) < 4.78 is 26.7. The number of rotatable bonds is 7. The predicted molar refractivity (Wildman–Crippen MR) is 133 cm³/mol. The highest BCUT2D eigenvalue weighted by atomic mass is 127. The van der Waals surface area contributed by atoms with E-state index in [9.17, 15) is 13.6 Å². The maximum atomic E-state index is 14.3. The van der Waals surface area contributed by atoms with Crippen LogP contribution < -0.4 is 5.32 Å². The lowest BCUT2D eigenvalue weighted by Crippen LogP contribution is -2.45. The van der Waals surface area contributed by atoms with Crippen molar-refractivity contribution in [3.63, 3.8) is 0 Å². The first-order chi connectivity index (χ1) is 14.2.